The summed E-state index contributed by atoms with van der Waals surface area (Å²) >= 11 is 1.23. The molecule has 0 spiro atoms. The molecule has 7 rings (SSSR count). The van der Waals surface area contributed by atoms with E-state index < -0.39 is 17.8 Å². The van der Waals surface area contributed by atoms with Gasteiger partial charge in [-0.3, -0.25) is 9.36 Å². The molecule has 1 aliphatic heterocycles. The monoisotopic (exact) mass is 640 g/mol. The number of ether oxygens (including phenoxy) is 2. The molecule has 0 radical (unpaired) electrons. The second-order valence-corrected chi connectivity index (χ2v) is 12.0. The van der Waals surface area contributed by atoms with Crippen molar-refractivity contribution in [3.05, 3.63) is 175 Å². The molecule has 6 nitrogen and oxygen atoms in total. The highest BCUT2D eigenvalue weighted by Gasteiger charge is 2.35. The van der Waals surface area contributed by atoms with Crippen molar-refractivity contribution in [3.8, 4) is 5.75 Å². The van der Waals surface area contributed by atoms with E-state index in [1.54, 1.807) is 25.1 Å². The minimum atomic E-state index is -0.876. The Labute approximate surface area is 274 Å². The molecule has 0 unspecified atom stereocenters. The molecule has 0 aliphatic carbocycles. The van der Waals surface area contributed by atoms with Gasteiger partial charge in [-0.15, -0.1) is 0 Å². The predicted molar refractivity (Wildman–Crippen MR) is 182 cm³/mol. The standard InChI is InChI=1S/C39H29FN2O4S/c1-2-45-38(44)34-35(27-12-4-3-5-13-27)41-39-42(36(34)28-18-20-30(40)21-19-28)37(43)33(47-39)23-25-10-8-16-31(22-25)46-24-29-15-9-14-26-11-6-7-17-32(26)29/h3-23,36H,2,24H2,1H3/b33-23-/t36-/m1/s1. The molecular weight excluding hydrogens is 612 g/mol. The Hall–Kier alpha value is -5.60. The van der Waals surface area contributed by atoms with Gasteiger partial charge in [0.05, 0.1) is 28.5 Å². The summed E-state index contributed by atoms with van der Waals surface area (Å²) in [5.41, 5.74) is 3.43. The van der Waals surface area contributed by atoms with E-state index >= 15 is 0 Å². The lowest BCUT2D eigenvalue weighted by Crippen LogP contribution is -2.40. The van der Waals surface area contributed by atoms with Crippen LogP contribution in [-0.4, -0.2) is 17.1 Å². The zero-order valence-electron chi connectivity index (χ0n) is 25.4. The smallest absolute Gasteiger partial charge is 0.338 e. The van der Waals surface area contributed by atoms with Crippen LogP contribution in [0.2, 0.25) is 0 Å². The predicted octanol–water partition coefficient (Wildman–Crippen LogP) is 6.81. The average Bonchev–Trinajstić information content (AvgIpc) is 3.41. The number of carbonyl (C=O) groups excluding carboxylic acids is 1. The normalized spacial score (nSPS) is 14.5. The van der Waals surface area contributed by atoms with Crippen LogP contribution in [0.1, 0.15) is 35.2 Å². The Morgan fingerprint density at radius 3 is 2.47 bits per heavy atom. The second kappa shape index (κ2) is 13.0. The maximum absolute atomic E-state index is 14.2. The van der Waals surface area contributed by atoms with Gasteiger partial charge in [0.25, 0.3) is 5.56 Å². The van der Waals surface area contributed by atoms with E-state index in [1.807, 2.05) is 72.8 Å². The molecule has 47 heavy (non-hydrogen) atoms. The van der Waals surface area contributed by atoms with E-state index in [0.717, 1.165) is 21.9 Å². The van der Waals surface area contributed by atoms with Gasteiger partial charge < -0.3 is 9.47 Å². The molecule has 1 aromatic heterocycles. The SMILES string of the molecule is CCOC(=O)C1=C(c2ccccc2)N=c2s/c(=C\c3cccc(OCc4cccc5ccccc45)c3)c(=O)n2[C@@H]1c1ccc(F)cc1. The summed E-state index contributed by atoms with van der Waals surface area (Å²) in [6, 6.07) is 36.2. The number of fused-ring (bicyclic) bond motifs is 2. The van der Waals surface area contributed by atoms with Crippen LogP contribution in [-0.2, 0) is 16.1 Å². The number of rotatable bonds is 8. The van der Waals surface area contributed by atoms with Crippen LogP contribution in [0, 0.1) is 5.82 Å². The number of aromatic nitrogens is 1. The van der Waals surface area contributed by atoms with Crippen LogP contribution in [0.15, 0.2) is 137 Å². The third kappa shape index (κ3) is 6.03. The topological polar surface area (TPSA) is 69.9 Å². The van der Waals surface area contributed by atoms with Crippen LogP contribution in [0.25, 0.3) is 22.5 Å². The van der Waals surface area contributed by atoms with E-state index in [0.29, 0.717) is 38.5 Å². The van der Waals surface area contributed by atoms with Crippen molar-refractivity contribution >= 4 is 39.9 Å². The third-order valence-corrected chi connectivity index (χ3v) is 8.97. The van der Waals surface area contributed by atoms with Crippen LogP contribution >= 0.6 is 11.3 Å². The summed E-state index contributed by atoms with van der Waals surface area (Å²) in [7, 11) is 0. The molecule has 0 fully saturated rings. The number of halogens is 1. The molecule has 5 aromatic carbocycles. The third-order valence-electron chi connectivity index (χ3n) is 7.99. The number of nitrogens with zero attached hydrogens (tertiary/aromatic N) is 2. The molecule has 0 amide bonds. The van der Waals surface area contributed by atoms with E-state index in [1.165, 1.54) is 28.0 Å². The Morgan fingerprint density at radius 2 is 1.66 bits per heavy atom. The van der Waals surface area contributed by atoms with Gasteiger partial charge in [-0.05, 0) is 64.7 Å². The van der Waals surface area contributed by atoms with E-state index in [2.05, 4.69) is 24.3 Å². The average molecular weight is 641 g/mol. The highest BCUT2D eigenvalue weighted by atomic mass is 32.1. The molecule has 0 bridgehead atoms. The maximum Gasteiger partial charge on any atom is 0.338 e. The Balaban J connectivity index is 1.32. The number of benzene rings is 5. The fourth-order valence-corrected chi connectivity index (χ4v) is 6.83. The molecular formula is C39H29FN2O4S. The zero-order valence-corrected chi connectivity index (χ0v) is 26.2. The first-order valence-electron chi connectivity index (χ1n) is 15.2. The molecule has 2 heterocycles. The van der Waals surface area contributed by atoms with Crippen molar-refractivity contribution < 1.29 is 18.7 Å². The number of thiazole rings is 1. The van der Waals surface area contributed by atoms with Crippen molar-refractivity contribution in [1.82, 2.24) is 4.57 Å². The van der Waals surface area contributed by atoms with Gasteiger partial charge in [0.15, 0.2) is 4.80 Å². The van der Waals surface area contributed by atoms with Crippen LogP contribution in [0.4, 0.5) is 4.39 Å². The van der Waals surface area contributed by atoms with Gasteiger partial charge in [-0.1, -0.05) is 108 Å². The summed E-state index contributed by atoms with van der Waals surface area (Å²) in [5.74, 6) is -0.344. The molecule has 0 N–H and O–H groups in total. The second-order valence-electron chi connectivity index (χ2n) is 11.0. The highest BCUT2D eigenvalue weighted by molar-refractivity contribution is 7.07. The lowest BCUT2D eigenvalue weighted by atomic mass is 9.93. The first-order chi connectivity index (χ1) is 23.0. The summed E-state index contributed by atoms with van der Waals surface area (Å²) in [6.07, 6.45) is 1.80. The minimum absolute atomic E-state index is 0.143. The first kappa shape index (κ1) is 30.1. The molecule has 1 aliphatic rings. The van der Waals surface area contributed by atoms with Crippen molar-refractivity contribution in [3.63, 3.8) is 0 Å². The Bertz CT molecular complexity index is 2320. The Morgan fingerprint density at radius 1 is 0.915 bits per heavy atom. The quantitative estimate of drug-likeness (QED) is 0.172. The fourth-order valence-electron chi connectivity index (χ4n) is 5.83. The molecule has 1 atom stereocenters. The molecule has 232 valence electrons. The Kier molecular flexibility index (Phi) is 8.33. The molecule has 0 saturated carbocycles. The van der Waals surface area contributed by atoms with Crippen LogP contribution in [0.3, 0.4) is 0 Å². The summed E-state index contributed by atoms with van der Waals surface area (Å²) in [5, 5.41) is 2.29. The fraction of sp³-hybridized carbons (Fsp3) is 0.103. The lowest BCUT2D eigenvalue weighted by Gasteiger charge is -2.25. The summed E-state index contributed by atoms with van der Waals surface area (Å²) in [4.78, 5) is 33.0. The number of hydrogen-bond acceptors (Lipinski definition) is 6. The maximum atomic E-state index is 14.2. The number of esters is 1. The van der Waals surface area contributed by atoms with Gasteiger partial charge in [-0.25, -0.2) is 14.2 Å². The van der Waals surface area contributed by atoms with Gasteiger partial charge >= 0.3 is 5.97 Å². The molecule has 0 saturated heterocycles. The van der Waals surface area contributed by atoms with Gasteiger partial charge in [0.2, 0.25) is 0 Å². The summed E-state index contributed by atoms with van der Waals surface area (Å²) in [6.45, 7) is 2.26. The van der Waals surface area contributed by atoms with Crippen molar-refractivity contribution in [1.29, 1.82) is 0 Å². The van der Waals surface area contributed by atoms with E-state index in [-0.39, 0.29) is 17.7 Å². The minimum Gasteiger partial charge on any atom is -0.489 e. The van der Waals surface area contributed by atoms with Crippen LogP contribution < -0.4 is 19.6 Å². The highest BCUT2D eigenvalue weighted by Crippen LogP contribution is 2.35. The lowest BCUT2D eigenvalue weighted by molar-refractivity contribution is -0.138. The largest absolute Gasteiger partial charge is 0.489 e. The molecule has 6 aromatic rings. The first-order valence-corrected chi connectivity index (χ1v) is 16.1. The van der Waals surface area contributed by atoms with Crippen LogP contribution in [0.5, 0.6) is 5.75 Å². The van der Waals surface area contributed by atoms with Crippen molar-refractivity contribution in [2.45, 2.75) is 19.6 Å². The van der Waals surface area contributed by atoms with Gasteiger partial charge in [0, 0.05) is 5.56 Å². The van der Waals surface area contributed by atoms with E-state index in [9.17, 15) is 14.0 Å². The van der Waals surface area contributed by atoms with E-state index in [4.69, 9.17) is 14.5 Å². The molecule has 8 heteroatoms. The zero-order chi connectivity index (χ0) is 32.3. The summed E-state index contributed by atoms with van der Waals surface area (Å²) < 4.78 is 27.7. The number of carbonyl (C=O) groups is 1. The van der Waals surface area contributed by atoms with Gasteiger partial charge in [0.1, 0.15) is 18.2 Å². The van der Waals surface area contributed by atoms with Crippen molar-refractivity contribution in [2.24, 2.45) is 4.99 Å². The van der Waals surface area contributed by atoms with Gasteiger partial charge in [-0.2, -0.15) is 0 Å². The van der Waals surface area contributed by atoms with Crippen molar-refractivity contribution in [2.75, 3.05) is 6.61 Å². The number of hydrogen-bond donors (Lipinski definition) is 0.